The Balaban J connectivity index is 1.80. The number of halogens is 11. The minimum atomic E-state index is -7.62. The Kier molecular flexibility index (Phi) is 4.87. The van der Waals surface area contributed by atoms with Gasteiger partial charge in [-0.25, -0.2) is 0 Å². The van der Waals surface area contributed by atoms with Gasteiger partial charge in [0, 0.05) is 5.92 Å². The number of aliphatic hydroxyl groups excluding tert-OH is 1. The molecule has 1 aliphatic heterocycles. The van der Waals surface area contributed by atoms with E-state index in [0.29, 0.717) is 0 Å². The van der Waals surface area contributed by atoms with Crippen LogP contribution in [-0.2, 0) is 19.1 Å². The van der Waals surface area contributed by atoms with E-state index in [9.17, 15) is 63.0 Å². The molecule has 0 aromatic carbocycles. The normalized spacial score (nSPS) is 33.6. The molecule has 3 aliphatic rings. The van der Waals surface area contributed by atoms with Gasteiger partial charge >= 0.3 is 41.8 Å². The van der Waals surface area contributed by atoms with E-state index in [1.165, 1.54) is 0 Å². The average Bonchev–Trinajstić information content (AvgIpc) is 3.21. The maximum atomic E-state index is 13.7. The monoisotopic (exact) mass is 480 g/mol. The van der Waals surface area contributed by atoms with Crippen LogP contribution >= 0.6 is 0 Å². The van der Waals surface area contributed by atoms with Gasteiger partial charge in [0.1, 0.15) is 6.10 Å². The first-order valence-corrected chi connectivity index (χ1v) is 8.40. The van der Waals surface area contributed by atoms with Crippen LogP contribution in [0.2, 0.25) is 0 Å². The summed E-state index contributed by atoms with van der Waals surface area (Å²) in [6.45, 7) is -3.03. The highest BCUT2D eigenvalue weighted by Gasteiger charge is 2.87. The molecular weight excluding hydrogens is 469 g/mol. The van der Waals surface area contributed by atoms with Crippen LogP contribution in [-0.4, -0.2) is 65.7 Å². The maximum absolute atomic E-state index is 13.7. The van der Waals surface area contributed by atoms with Crippen LogP contribution in [0.4, 0.5) is 48.3 Å². The van der Waals surface area contributed by atoms with E-state index in [-0.39, 0.29) is 6.42 Å². The van der Waals surface area contributed by atoms with Gasteiger partial charge in [0.2, 0.25) is 0 Å². The highest BCUT2D eigenvalue weighted by atomic mass is 19.4. The molecule has 31 heavy (non-hydrogen) atoms. The van der Waals surface area contributed by atoms with Crippen molar-refractivity contribution in [1.82, 2.24) is 0 Å². The summed E-state index contributed by atoms with van der Waals surface area (Å²) in [5, 5.41) is 9.82. The first-order valence-electron chi connectivity index (χ1n) is 8.40. The number of rotatable bonds is 6. The second-order valence-electron chi connectivity index (χ2n) is 7.64. The molecule has 1 heterocycles. The van der Waals surface area contributed by atoms with E-state index in [4.69, 9.17) is 4.74 Å². The fourth-order valence-corrected chi connectivity index (χ4v) is 4.27. The summed E-state index contributed by atoms with van der Waals surface area (Å²) in [4.78, 5) is 24.2. The molecule has 1 N–H and O–H groups in total. The number of carbonyl (C=O) groups is 2. The lowest BCUT2D eigenvalue weighted by molar-refractivity contribution is -0.424. The van der Waals surface area contributed by atoms with Crippen LogP contribution in [0.25, 0.3) is 0 Å². The van der Waals surface area contributed by atoms with E-state index >= 15 is 0 Å². The number of carbonyl (C=O) groups excluding carboxylic acids is 2. The van der Waals surface area contributed by atoms with Crippen LogP contribution in [0.3, 0.4) is 0 Å². The molecule has 5 atom stereocenters. The minimum Gasteiger partial charge on any atom is -0.458 e. The van der Waals surface area contributed by atoms with Gasteiger partial charge in [0.15, 0.2) is 12.0 Å². The summed E-state index contributed by atoms with van der Waals surface area (Å²) in [5.74, 6) is -34.0. The maximum Gasteiger partial charge on any atom is 0.460 e. The molecule has 0 aromatic rings. The predicted octanol–water partition coefficient (Wildman–Crippen LogP) is 2.95. The first kappa shape index (κ1) is 23.8. The molecule has 3 rings (SSSR count). The van der Waals surface area contributed by atoms with Gasteiger partial charge in [-0.05, 0) is 18.8 Å². The van der Waals surface area contributed by atoms with Crippen LogP contribution < -0.4 is 0 Å². The summed E-state index contributed by atoms with van der Waals surface area (Å²) in [6, 6.07) is 0. The molecule has 2 aliphatic carbocycles. The third-order valence-corrected chi connectivity index (χ3v) is 5.95. The second kappa shape index (κ2) is 6.34. The zero-order valence-electron chi connectivity index (χ0n) is 14.7. The van der Waals surface area contributed by atoms with Crippen molar-refractivity contribution in [3.05, 3.63) is 0 Å². The van der Waals surface area contributed by atoms with Crippen molar-refractivity contribution in [3.8, 4) is 0 Å². The third-order valence-electron chi connectivity index (χ3n) is 5.95. The van der Waals surface area contributed by atoms with Crippen molar-refractivity contribution in [1.29, 1.82) is 0 Å². The van der Waals surface area contributed by atoms with E-state index in [1.807, 2.05) is 0 Å². The molecule has 178 valence electrons. The third kappa shape index (κ3) is 2.78. The molecule has 0 spiro atoms. The number of fused-ring (bicyclic) bond motifs is 1. The predicted molar refractivity (Wildman–Crippen MR) is 71.3 cm³/mol. The number of esters is 2. The van der Waals surface area contributed by atoms with Crippen molar-refractivity contribution in [3.63, 3.8) is 0 Å². The van der Waals surface area contributed by atoms with Crippen molar-refractivity contribution in [2.24, 2.45) is 17.3 Å². The lowest BCUT2D eigenvalue weighted by Gasteiger charge is -2.37. The van der Waals surface area contributed by atoms with Gasteiger partial charge in [0.05, 0.1) is 6.10 Å². The Hall–Kier alpha value is -1.87. The smallest absolute Gasteiger partial charge is 0.458 e. The van der Waals surface area contributed by atoms with Crippen molar-refractivity contribution in [2.75, 3.05) is 6.61 Å². The zero-order chi connectivity index (χ0) is 24.0. The molecule has 16 heteroatoms. The van der Waals surface area contributed by atoms with E-state index in [0.717, 1.165) is 0 Å². The first-order chi connectivity index (χ1) is 13.8. The zero-order valence-corrected chi connectivity index (χ0v) is 14.7. The summed E-state index contributed by atoms with van der Waals surface area (Å²) in [5.41, 5.74) is -2.31. The van der Waals surface area contributed by atoms with Gasteiger partial charge in [0.25, 0.3) is 0 Å². The standard InChI is InChI=1S/C15H11F11O5/c16-11(17,12(18,19)13(20,21)14(22,23)15(24,25)26)3-30-8(28)10-2-4-1-5(10)7(6(4)27)31-9(10)29/h4-7,27H,1-3H2. The van der Waals surface area contributed by atoms with E-state index < -0.39 is 84.3 Å². The average molecular weight is 480 g/mol. The summed E-state index contributed by atoms with van der Waals surface area (Å²) < 4.78 is 151. The summed E-state index contributed by atoms with van der Waals surface area (Å²) >= 11 is 0. The van der Waals surface area contributed by atoms with Gasteiger partial charge in [-0.3, -0.25) is 9.59 Å². The van der Waals surface area contributed by atoms with Crippen molar-refractivity contribution in [2.45, 2.75) is 54.9 Å². The Labute approximate surface area is 164 Å². The van der Waals surface area contributed by atoms with Crippen LogP contribution in [0, 0.1) is 17.3 Å². The lowest BCUT2D eigenvalue weighted by atomic mass is 9.73. The van der Waals surface area contributed by atoms with Gasteiger partial charge in [-0.1, -0.05) is 0 Å². The van der Waals surface area contributed by atoms with Crippen molar-refractivity contribution < 1.29 is 72.5 Å². The van der Waals surface area contributed by atoms with Crippen LogP contribution in [0.15, 0.2) is 0 Å². The lowest BCUT2D eigenvalue weighted by Crippen LogP contribution is -2.67. The molecule has 1 saturated heterocycles. The minimum absolute atomic E-state index is 0.0187. The second-order valence-corrected chi connectivity index (χ2v) is 7.64. The van der Waals surface area contributed by atoms with Gasteiger partial charge < -0.3 is 14.6 Å². The topological polar surface area (TPSA) is 72.8 Å². The molecular formula is C15H11F11O5. The Morgan fingerprint density at radius 2 is 1.55 bits per heavy atom. The molecule has 0 aromatic heterocycles. The highest BCUT2D eigenvalue weighted by Crippen LogP contribution is 2.62. The molecule has 5 unspecified atom stereocenters. The fraction of sp³-hybridized carbons (Fsp3) is 0.867. The van der Waals surface area contributed by atoms with Crippen LogP contribution in [0.1, 0.15) is 12.8 Å². The van der Waals surface area contributed by atoms with E-state index in [2.05, 4.69) is 4.74 Å². The van der Waals surface area contributed by atoms with Gasteiger partial charge in [-0.15, -0.1) is 0 Å². The Morgan fingerprint density at radius 3 is 2.03 bits per heavy atom. The molecule has 5 nitrogen and oxygen atoms in total. The molecule has 0 amide bonds. The number of hydrogen-bond acceptors (Lipinski definition) is 5. The summed E-state index contributed by atoms with van der Waals surface area (Å²) in [6.07, 6.45) is -10.3. The largest absolute Gasteiger partial charge is 0.460 e. The number of hydrogen-bond donors (Lipinski definition) is 1. The van der Waals surface area contributed by atoms with Gasteiger partial charge in [-0.2, -0.15) is 48.3 Å². The number of ether oxygens (including phenoxy) is 2. The molecule has 3 fully saturated rings. The van der Waals surface area contributed by atoms with E-state index in [1.54, 1.807) is 0 Å². The Morgan fingerprint density at radius 1 is 1.00 bits per heavy atom. The molecule has 0 radical (unpaired) electrons. The molecule has 2 saturated carbocycles. The van der Waals surface area contributed by atoms with Crippen LogP contribution in [0.5, 0.6) is 0 Å². The quantitative estimate of drug-likeness (QED) is 0.360. The Bertz CT molecular complexity index is 795. The summed E-state index contributed by atoms with van der Waals surface area (Å²) in [7, 11) is 0. The molecule has 2 bridgehead atoms. The fourth-order valence-electron chi connectivity index (χ4n) is 4.27. The SMILES string of the molecule is O=C(OCC(F)(F)C(F)(F)C(F)(F)C(F)(F)C(F)(F)F)C12CC3CC1C(OC2=O)C3O. The number of alkyl halides is 11. The van der Waals surface area contributed by atoms with Crippen molar-refractivity contribution >= 4 is 11.9 Å². The number of aliphatic hydroxyl groups is 1. The highest BCUT2D eigenvalue weighted by molar-refractivity contribution is 6.03.